The van der Waals surface area contributed by atoms with Crippen molar-refractivity contribution in [2.24, 2.45) is 0 Å². The molecule has 0 aliphatic heterocycles. The highest BCUT2D eigenvalue weighted by molar-refractivity contribution is 6.29. The average molecular weight is 373 g/mol. The Morgan fingerprint density at radius 2 is 2.04 bits per heavy atom. The smallest absolute Gasteiger partial charge is 0.229 e. The number of aromatic nitrogens is 3. The summed E-state index contributed by atoms with van der Waals surface area (Å²) >= 11 is 5.94. The summed E-state index contributed by atoms with van der Waals surface area (Å²) in [6, 6.07) is 9.77. The number of halogens is 1. The van der Waals surface area contributed by atoms with Crippen molar-refractivity contribution >= 4 is 17.5 Å². The van der Waals surface area contributed by atoms with Gasteiger partial charge in [0.15, 0.2) is 0 Å². The van der Waals surface area contributed by atoms with Crippen LogP contribution in [0, 0.1) is 13.8 Å². The van der Waals surface area contributed by atoms with E-state index in [0.29, 0.717) is 12.8 Å². The molecule has 0 saturated carbocycles. The Bertz CT molecular complexity index is 882. The zero-order valence-electron chi connectivity index (χ0n) is 15.0. The second-order valence-electron chi connectivity index (χ2n) is 6.24. The number of aryl methyl sites for hydroxylation is 1. The average Bonchev–Trinajstić information content (AvgIpc) is 3.16. The van der Waals surface area contributed by atoms with Gasteiger partial charge in [0, 0.05) is 23.2 Å². The molecule has 2 heterocycles. The van der Waals surface area contributed by atoms with Crippen LogP contribution >= 0.6 is 11.6 Å². The van der Waals surface area contributed by atoms with Crippen molar-refractivity contribution in [3.05, 3.63) is 64.3 Å². The molecule has 6 nitrogen and oxygen atoms in total. The van der Waals surface area contributed by atoms with Gasteiger partial charge in [0.25, 0.3) is 0 Å². The van der Waals surface area contributed by atoms with Gasteiger partial charge in [-0.25, -0.2) is 4.68 Å². The van der Waals surface area contributed by atoms with Gasteiger partial charge in [-0.3, -0.25) is 4.79 Å². The van der Waals surface area contributed by atoms with Crippen molar-refractivity contribution in [2.75, 3.05) is 0 Å². The van der Waals surface area contributed by atoms with Crippen LogP contribution in [-0.2, 0) is 11.2 Å². The predicted octanol–water partition coefficient (Wildman–Crippen LogP) is 3.94. The van der Waals surface area contributed by atoms with Crippen LogP contribution in [-0.4, -0.2) is 20.8 Å². The Labute approximate surface area is 157 Å². The third-order valence-electron chi connectivity index (χ3n) is 4.43. The summed E-state index contributed by atoms with van der Waals surface area (Å²) in [5.41, 5.74) is 4.48. The van der Waals surface area contributed by atoms with E-state index in [1.54, 1.807) is 6.20 Å². The summed E-state index contributed by atoms with van der Waals surface area (Å²) in [6.07, 6.45) is 2.61. The van der Waals surface area contributed by atoms with E-state index in [2.05, 4.69) is 15.6 Å². The Morgan fingerprint density at radius 3 is 2.69 bits per heavy atom. The van der Waals surface area contributed by atoms with Crippen LogP contribution in [0.5, 0.6) is 0 Å². The summed E-state index contributed by atoms with van der Waals surface area (Å²) < 4.78 is 6.78. The molecule has 0 bridgehead atoms. The first-order chi connectivity index (χ1) is 12.5. The van der Waals surface area contributed by atoms with Crippen LogP contribution < -0.4 is 5.32 Å². The fraction of sp³-hybridized carbons (Fsp3) is 0.316. The summed E-state index contributed by atoms with van der Waals surface area (Å²) in [7, 11) is 0. The second kappa shape index (κ2) is 7.74. The molecular formula is C19H21ClN4O2. The SMILES string of the molecule is Cc1noc(Cl)c1CCC(=O)NC(C)c1cnn(-c2ccccc2)c1C. The van der Waals surface area contributed by atoms with Gasteiger partial charge in [-0.1, -0.05) is 23.4 Å². The van der Waals surface area contributed by atoms with E-state index in [0.717, 1.165) is 28.2 Å². The first-order valence-corrected chi connectivity index (χ1v) is 8.85. The van der Waals surface area contributed by atoms with E-state index in [-0.39, 0.29) is 17.2 Å². The molecule has 0 aliphatic rings. The van der Waals surface area contributed by atoms with Gasteiger partial charge in [-0.15, -0.1) is 0 Å². The lowest BCUT2D eigenvalue weighted by atomic mass is 10.1. The minimum Gasteiger partial charge on any atom is -0.349 e. The molecule has 1 atom stereocenters. The van der Waals surface area contributed by atoms with Crippen LogP contribution in [0.4, 0.5) is 0 Å². The molecule has 3 aromatic rings. The monoisotopic (exact) mass is 372 g/mol. The number of benzene rings is 1. The number of carbonyl (C=O) groups is 1. The van der Waals surface area contributed by atoms with Crippen LogP contribution in [0.15, 0.2) is 41.1 Å². The van der Waals surface area contributed by atoms with Crippen molar-refractivity contribution in [2.45, 2.75) is 39.7 Å². The fourth-order valence-electron chi connectivity index (χ4n) is 2.95. The first-order valence-electron chi connectivity index (χ1n) is 8.47. The zero-order valence-corrected chi connectivity index (χ0v) is 15.7. The maximum Gasteiger partial charge on any atom is 0.229 e. The normalized spacial score (nSPS) is 12.2. The van der Waals surface area contributed by atoms with Gasteiger partial charge in [0.1, 0.15) is 0 Å². The highest BCUT2D eigenvalue weighted by atomic mass is 35.5. The molecule has 136 valence electrons. The van der Waals surface area contributed by atoms with Gasteiger partial charge in [0.05, 0.1) is 23.6 Å². The van der Waals surface area contributed by atoms with E-state index >= 15 is 0 Å². The lowest BCUT2D eigenvalue weighted by molar-refractivity contribution is -0.121. The highest BCUT2D eigenvalue weighted by Crippen LogP contribution is 2.22. The minimum absolute atomic E-state index is 0.0546. The molecule has 0 saturated heterocycles. The molecule has 1 unspecified atom stereocenters. The molecule has 0 aliphatic carbocycles. The molecule has 1 aromatic carbocycles. The predicted molar refractivity (Wildman–Crippen MR) is 99.4 cm³/mol. The van der Waals surface area contributed by atoms with Gasteiger partial charge in [-0.05, 0) is 50.9 Å². The minimum atomic E-state index is -0.140. The van der Waals surface area contributed by atoms with Crippen molar-refractivity contribution in [1.82, 2.24) is 20.3 Å². The molecule has 0 spiro atoms. The van der Waals surface area contributed by atoms with Gasteiger partial charge in [-0.2, -0.15) is 5.10 Å². The Kier molecular flexibility index (Phi) is 5.42. The van der Waals surface area contributed by atoms with E-state index in [9.17, 15) is 4.79 Å². The van der Waals surface area contributed by atoms with Crippen LogP contribution in [0.2, 0.25) is 5.22 Å². The maximum atomic E-state index is 12.3. The van der Waals surface area contributed by atoms with Crippen molar-refractivity contribution < 1.29 is 9.32 Å². The van der Waals surface area contributed by atoms with E-state index in [4.69, 9.17) is 16.1 Å². The van der Waals surface area contributed by atoms with Gasteiger partial charge < -0.3 is 9.84 Å². The number of nitrogens with one attached hydrogen (secondary N) is 1. The van der Waals surface area contributed by atoms with Crippen LogP contribution in [0.3, 0.4) is 0 Å². The lowest BCUT2D eigenvalue weighted by Crippen LogP contribution is -2.27. The van der Waals surface area contributed by atoms with Crippen LogP contribution in [0.1, 0.15) is 41.9 Å². The summed E-state index contributed by atoms with van der Waals surface area (Å²) in [5.74, 6) is -0.0546. The molecule has 1 N–H and O–H groups in total. The Hall–Kier alpha value is -2.60. The van der Waals surface area contributed by atoms with E-state index in [1.165, 1.54) is 0 Å². The van der Waals surface area contributed by atoms with E-state index < -0.39 is 0 Å². The number of nitrogens with zero attached hydrogens (tertiary/aromatic N) is 3. The first kappa shape index (κ1) is 18.2. The van der Waals surface area contributed by atoms with Crippen molar-refractivity contribution in [3.8, 4) is 5.69 Å². The third kappa shape index (κ3) is 3.80. The number of para-hydroxylation sites is 1. The quantitative estimate of drug-likeness (QED) is 0.711. The highest BCUT2D eigenvalue weighted by Gasteiger charge is 2.17. The molecular weight excluding hydrogens is 352 g/mol. The topological polar surface area (TPSA) is 73.0 Å². The summed E-state index contributed by atoms with van der Waals surface area (Å²) in [6.45, 7) is 5.76. The lowest BCUT2D eigenvalue weighted by Gasteiger charge is -2.14. The fourth-order valence-corrected chi connectivity index (χ4v) is 3.21. The number of rotatable bonds is 6. The molecule has 0 fully saturated rings. The summed E-state index contributed by atoms with van der Waals surface area (Å²) in [5, 5.41) is 11.5. The Morgan fingerprint density at radius 1 is 1.31 bits per heavy atom. The largest absolute Gasteiger partial charge is 0.349 e. The number of hydrogen-bond acceptors (Lipinski definition) is 4. The second-order valence-corrected chi connectivity index (χ2v) is 6.59. The number of amides is 1. The zero-order chi connectivity index (χ0) is 18.7. The van der Waals surface area contributed by atoms with E-state index in [1.807, 2.05) is 55.8 Å². The van der Waals surface area contributed by atoms with Crippen LogP contribution in [0.25, 0.3) is 5.69 Å². The standard InChI is InChI=1S/C19H21ClN4O2/c1-12(22-18(25)10-9-16-13(2)23-26-19(16)20)17-11-21-24(14(17)3)15-7-5-4-6-8-15/h4-8,11-12H,9-10H2,1-3H3,(H,22,25). The van der Waals surface area contributed by atoms with Gasteiger partial charge >= 0.3 is 0 Å². The summed E-state index contributed by atoms with van der Waals surface area (Å²) in [4.78, 5) is 12.3. The van der Waals surface area contributed by atoms with Crippen molar-refractivity contribution in [1.29, 1.82) is 0 Å². The molecule has 7 heteroatoms. The number of carbonyl (C=O) groups excluding carboxylic acids is 1. The molecule has 0 radical (unpaired) electrons. The third-order valence-corrected chi connectivity index (χ3v) is 4.73. The van der Waals surface area contributed by atoms with Crippen molar-refractivity contribution in [3.63, 3.8) is 0 Å². The Balaban J connectivity index is 1.64. The number of hydrogen-bond donors (Lipinski definition) is 1. The molecule has 3 rings (SSSR count). The molecule has 26 heavy (non-hydrogen) atoms. The maximum absolute atomic E-state index is 12.3. The molecule has 2 aromatic heterocycles. The molecule has 1 amide bonds. The van der Waals surface area contributed by atoms with Gasteiger partial charge in [0.2, 0.25) is 11.1 Å².